The second kappa shape index (κ2) is 21.7. The Morgan fingerprint density at radius 2 is 0.758 bits per heavy atom. The summed E-state index contributed by atoms with van der Waals surface area (Å²) < 4.78 is 134. The first-order valence-corrected chi connectivity index (χ1v) is 21.5. The average molecular weight is 963 g/mol. The van der Waals surface area contributed by atoms with E-state index < -0.39 is 66.1 Å². The molecule has 0 spiro atoms. The molecule has 0 aromatic heterocycles. The third-order valence-corrected chi connectivity index (χ3v) is 11.5. The summed E-state index contributed by atoms with van der Waals surface area (Å²) in [6.07, 6.45) is 0. The molecule has 0 fully saturated rings. The van der Waals surface area contributed by atoms with Crippen molar-refractivity contribution < 1.29 is 56.7 Å². The number of hydrogen-bond acceptors (Lipinski definition) is 15. The molecule has 0 aliphatic heterocycles. The van der Waals surface area contributed by atoms with E-state index in [-0.39, 0.29) is 174 Å². The van der Waals surface area contributed by atoms with Gasteiger partial charge in [-0.25, -0.2) is 4.79 Å². The molecule has 6 aromatic rings. The molecule has 6 rings (SSSR count). The Hall–Kier alpha value is -2.45. The quantitative estimate of drug-likeness (QED) is 0.0383. The Kier molecular flexibility index (Phi) is 19.5. The molecule has 0 saturated heterocycles. The van der Waals surface area contributed by atoms with Gasteiger partial charge in [0.05, 0.1) is 32.5 Å². The minimum absolute atomic E-state index is 0. The molecule has 21 nitrogen and oxygen atoms in total. The van der Waals surface area contributed by atoms with Crippen molar-refractivity contribution in [1.29, 1.82) is 0 Å². The van der Waals surface area contributed by atoms with Crippen LogP contribution in [0.4, 0.5) is 50.3 Å². The topological polar surface area (TPSA) is 360 Å². The van der Waals surface area contributed by atoms with Crippen LogP contribution in [-0.2, 0) is 40.5 Å². The summed E-state index contributed by atoms with van der Waals surface area (Å²) in [5, 5.41) is 20.8. The number of anilines is 4. The Balaban J connectivity index is 0.00000331. The minimum Gasteiger partial charge on any atom is -0.397 e. The second-order valence-corrected chi connectivity index (χ2v) is 17.6. The van der Waals surface area contributed by atoms with Crippen molar-refractivity contribution in [2.45, 2.75) is 19.6 Å². The summed E-state index contributed by atoms with van der Waals surface area (Å²) in [5.41, 5.74) is 12.7. The predicted octanol–water partition coefficient (Wildman–Crippen LogP) is 5.10. The largest absolute Gasteiger partial charge is 0.397 e. The number of fused-ring (bicyclic) bond motifs is 2. The summed E-state index contributed by atoms with van der Waals surface area (Å²) >= 11 is 0. The molecule has 10 N–H and O–H groups in total. The maximum absolute atomic E-state index is 12.7. The van der Waals surface area contributed by atoms with Crippen LogP contribution in [0.2, 0.25) is 0 Å². The van der Waals surface area contributed by atoms with Crippen LogP contribution < -0.4 is 22.1 Å². The zero-order chi connectivity index (χ0) is 42.4. The van der Waals surface area contributed by atoms with Crippen molar-refractivity contribution in [3.05, 3.63) is 97.1 Å². The van der Waals surface area contributed by atoms with Crippen molar-refractivity contribution >= 4 is 232 Å². The van der Waals surface area contributed by atoms with E-state index in [9.17, 15) is 56.7 Å². The molecular formula is C33H26N8Na4O13S4. The van der Waals surface area contributed by atoms with E-state index >= 15 is 0 Å². The van der Waals surface area contributed by atoms with Crippen molar-refractivity contribution in [2.75, 3.05) is 22.1 Å². The van der Waals surface area contributed by atoms with E-state index in [1.807, 2.05) is 0 Å². The van der Waals surface area contributed by atoms with Gasteiger partial charge >= 0.3 is 6.03 Å². The fraction of sp³-hybridized carbons (Fsp3) is 0. The molecule has 0 bridgehead atoms. The Morgan fingerprint density at radius 1 is 0.435 bits per heavy atom. The van der Waals surface area contributed by atoms with E-state index in [2.05, 4.69) is 31.1 Å². The first-order chi connectivity index (χ1) is 27.0. The summed E-state index contributed by atoms with van der Waals surface area (Å²) in [6, 6.07) is 19.0. The summed E-state index contributed by atoms with van der Waals surface area (Å²) in [4.78, 5) is 9.41. The molecule has 0 unspecified atom stereocenters. The number of nitrogen functional groups attached to an aromatic ring is 2. The SMILES string of the molecule is Nc1ccc2c(S(=O)(=O)O)cc(S(=O)(=O)O)cc2c1N=Nc1ccc(NC(=O)Nc2ccc(N=Nc3c(N)ccc4c(S(=O)(=O)O)cc(S(=O)(=O)O)cc34)cc2)cc1.[Na].[Na].[Na].[Na]. The van der Waals surface area contributed by atoms with E-state index in [1.54, 1.807) is 0 Å². The third kappa shape index (κ3) is 13.3. The van der Waals surface area contributed by atoms with Gasteiger partial charge in [-0.2, -0.15) is 43.9 Å². The normalized spacial score (nSPS) is 11.9. The van der Waals surface area contributed by atoms with Crippen LogP contribution in [0.15, 0.2) is 137 Å². The molecule has 29 heteroatoms. The Morgan fingerprint density at radius 3 is 1.05 bits per heavy atom. The van der Waals surface area contributed by atoms with E-state index in [0.717, 1.165) is 12.1 Å². The maximum atomic E-state index is 12.7. The van der Waals surface area contributed by atoms with E-state index in [4.69, 9.17) is 11.5 Å². The standard InChI is InChI=1S/C33H26N8O13S4.4Na/c34-27-11-9-23-25(13-21(55(43,44)45)15-29(23)57(49,50)51)31(27)40-38-19-5-1-17(2-6-19)36-33(42)37-18-3-7-20(8-4-18)39-41-32-26-14-22(56(46,47)48)16-30(58(52,53)54)24(26)10-12-28(32)35;;;;/h1-16H,34-35H2,(H2,36,37,42)(H,43,44,45)(H,46,47,48)(H,49,50,51)(H,52,53,54);;;;. The number of nitrogens with one attached hydrogen (secondary N) is 2. The van der Waals surface area contributed by atoms with Crippen LogP contribution in [0.5, 0.6) is 0 Å². The maximum Gasteiger partial charge on any atom is 0.323 e. The average Bonchev–Trinajstić information content (AvgIpc) is 3.12. The van der Waals surface area contributed by atoms with Crippen LogP contribution >= 0.6 is 0 Å². The second-order valence-electron chi connectivity index (χ2n) is 12.0. The molecule has 62 heavy (non-hydrogen) atoms. The third-order valence-electron chi connectivity index (χ3n) is 8.08. The van der Waals surface area contributed by atoms with Gasteiger partial charge in [0.1, 0.15) is 21.2 Å². The number of rotatable bonds is 10. The Labute approximate surface area is 441 Å². The van der Waals surface area contributed by atoms with Crippen LogP contribution in [0.1, 0.15) is 0 Å². The number of hydrogen-bond donors (Lipinski definition) is 8. The van der Waals surface area contributed by atoms with Crippen molar-refractivity contribution in [2.24, 2.45) is 20.5 Å². The van der Waals surface area contributed by atoms with Gasteiger partial charge in [0, 0.05) is 151 Å². The molecule has 0 aliphatic carbocycles. The molecule has 6 aromatic carbocycles. The van der Waals surface area contributed by atoms with Crippen molar-refractivity contribution in [3.8, 4) is 0 Å². The van der Waals surface area contributed by atoms with Gasteiger partial charge in [-0.1, -0.05) is 12.1 Å². The van der Waals surface area contributed by atoms with Crippen LogP contribution in [-0.4, -0.2) is 176 Å². The van der Waals surface area contributed by atoms with Gasteiger partial charge in [0.2, 0.25) is 0 Å². The van der Waals surface area contributed by atoms with E-state index in [1.165, 1.54) is 72.8 Å². The fourth-order valence-electron chi connectivity index (χ4n) is 5.43. The molecule has 0 atom stereocenters. The Bertz CT molecular complexity index is 3000. The van der Waals surface area contributed by atoms with Crippen molar-refractivity contribution in [1.82, 2.24) is 0 Å². The van der Waals surface area contributed by atoms with Crippen LogP contribution in [0, 0.1) is 0 Å². The smallest absolute Gasteiger partial charge is 0.323 e. The summed E-state index contributed by atoms with van der Waals surface area (Å²) in [5.74, 6) is 0. The van der Waals surface area contributed by atoms with Gasteiger partial charge < -0.3 is 22.1 Å². The number of nitrogens with zero attached hydrogens (tertiary/aromatic N) is 4. The molecule has 0 saturated carbocycles. The number of azo groups is 2. The van der Waals surface area contributed by atoms with Crippen molar-refractivity contribution in [3.63, 3.8) is 0 Å². The van der Waals surface area contributed by atoms with Gasteiger partial charge in [-0.15, -0.1) is 10.2 Å². The fourth-order valence-corrected chi connectivity index (χ4v) is 8.11. The van der Waals surface area contributed by atoms with Gasteiger partial charge in [0.15, 0.2) is 0 Å². The summed E-state index contributed by atoms with van der Waals surface area (Å²) in [6.45, 7) is 0. The minimum atomic E-state index is -4.96. The first kappa shape index (κ1) is 55.7. The van der Waals surface area contributed by atoms with E-state index in [0.29, 0.717) is 23.5 Å². The number of amides is 2. The molecule has 4 radical (unpaired) electrons. The number of carbonyl (C=O) groups is 1. The number of urea groups is 1. The van der Waals surface area contributed by atoms with Crippen LogP contribution in [0.25, 0.3) is 21.5 Å². The van der Waals surface area contributed by atoms with Crippen LogP contribution in [0.3, 0.4) is 0 Å². The predicted molar refractivity (Wildman–Crippen MR) is 233 cm³/mol. The van der Waals surface area contributed by atoms with Gasteiger partial charge in [0.25, 0.3) is 40.5 Å². The number of benzene rings is 6. The molecule has 0 aliphatic rings. The van der Waals surface area contributed by atoms with Gasteiger partial charge in [-0.3, -0.25) is 18.2 Å². The monoisotopic (exact) mass is 962 g/mol. The molecular weight excluding hydrogens is 937 g/mol. The number of nitrogens with two attached hydrogens (primary N) is 2. The first-order valence-electron chi connectivity index (χ1n) is 15.7. The molecule has 2 amide bonds. The molecule has 0 heterocycles. The molecule has 304 valence electrons. The zero-order valence-corrected chi connectivity index (χ0v) is 44.0. The summed E-state index contributed by atoms with van der Waals surface area (Å²) in [7, 11) is -19.8. The zero-order valence-electron chi connectivity index (χ0n) is 32.8. The van der Waals surface area contributed by atoms with Gasteiger partial charge in [-0.05, 0) is 84.9 Å². The number of carbonyl (C=O) groups excluding carboxylic acids is 1.